The summed E-state index contributed by atoms with van der Waals surface area (Å²) in [5.41, 5.74) is 1.48. The Morgan fingerprint density at radius 3 is 2.60 bits per heavy atom. The molecule has 3 aromatic carbocycles. The van der Waals surface area contributed by atoms with E-state index in [9.17, 15) is 19.3 Å². The quantitative estimate of drug-likeness (QED) is 0.171. The van der Waals surface area contributed by atoms with Crippen molar-refractivity contribution >= 4 is 35.2 Å². The number of nitro benzene ring substituents is 1. The number of carbonyl (C=O) groups is 1. The minimum atomic E-state index is -0.682. The fourth-order valence-corrected chi connectivity index (χ4v) is 3.55. The number of cyclic esters (lactones) is 1. The largest absolute Gasteiger partial charge is 0.490 e. The summed E-state index contributed by atoms with van der Waals surface area (Å²) in [4.78, 5) is 26.9. The second-order valence-corrected chi connectivity index (χ2v) is 7.73. The Balaban J connectivity index is 1.59. The Bertz CT molecular complexity index is 1350. The molecule has 4 rings (SSSR count). The molecule has 0 unspecified atom stereocenters. The molecule has 0 spiro atoms. The van der Waals surface area contributed by atoms with Gasteiger partial charge in [-0.3, -0.25) is 10.1 Å². The van der Waals surface area contributed by atoms with E-state index in [1.54, 1.807) is 31.2 Å². The minimum Gasteiger partial charge on any atom is -0.490 e. The van der Waals surface area contributed by atoms with Crippen LogP contribution in [0.1, 0.15) is 23.6 Å². The predicted octanol–water partition coefficient (Wildman–Crippen LogP) is 5.71. The maximum Gasteiger partial charge on any atom is 0.363 e. The zero-order chi connectivity index (χ0) is 24.9. The van der Waals surface area contributed by atoms with Gasteiger partial charge in [-0.25, -0.2) is 14.2 Å². The van der Waals surface area contributed by atoms with Crippen molar-refractivity contribution < 1.29 is 28.3 Å². The lowest BCUT2D eigenvalue weighted by Crippen LogP contribution is -2.05. The molecule has 0 aromatic heterocycles. The number of aliphatic imine (C=N–C) groups is 1. The molecule has 35 heavy (non-hydrogen) atoms. The van der Waals surface area contributed by atoms with Crippen molar-refractivity contribution in [1.82, 2.24) is 0 Å². The van der Waals surface area contributed by atoms with Crippen LogP contribution in [0, 0.1) is 15.9 Å². The SMILES string of the molecule is CCOc1cc(/C=C2\N=C(c3ccc([N+](=O)[O-])cc3)OC2=O)cc(Cl)c1OCc1cccc(F)c1. The third-order valence-electron chi connectivity index (χ3n) is 4.85. The van der Waals surface area contributed by atoms with Crippen LogP contribution in [0.15, 0.2) is 71.4 Å². The Morgan fingerprint density at radius 2 is 1.91 bits per heavy atom. The lowest BCUT2D eigenvalue weighted by Gasteiger charge is -2.14. The topological polar surface area (TPSA) is 100 Å². The standard InChI is InChI=1S/C25H18ClFN2O6/c1-2-33-22-13-16(11-20(26)23(22)34-14-15-4-3-5-18(27)10-15)12-21-25(30)35-24(28-21)17-6-8-19(9-7-17)29(31)32/h3-13H,2,14H2,1H3/b21-12-. The molecule has 1 aliphatic heterocycles. The van der Waals surface area contributed by atoms with Gasteiger partial charge in [0.1, 0.15) is 12.4 Å². The van der Waals surface area contributed by atoms with Gasteiger partial charge in [-0.1, -0.05) is 23.7 Å². The molecule has 0 bridgehead atoms. The maximum absolute atomic E-state index is 13.4. The molecule has 0 amide bonds. The fraction of sp³-hybridized carbons (Fsp3) is 0.120. The Morgan fingerprint density at radius 1 is 1.14 bits per heavy atom. The van der Waals surface area contributed by atoms with Gasteiger partial charge in [-0.2, -0.15) is 0 Å². The second kappa shape index (κ2) is 10.4. The summed E-state index contributed by atoms with van der Waals surface area (Å²) in [6, 6.07) is 14.7. The molecule has 0 atom stereocenters. The highest BCUT2D eigenvalue weighted by molar-refractivity contribution is 6.32. The monoisotopic (exact) mass is 496 g/mol. The molecule has 3 aromatic rings. The number of hydrogen-bond acceptors (Lipinski definition) is 7. The van der Waals surface area contributed by atoms with Crippen LogP contribution in [0.3, 0.4) is 0 Å². The first-order valence-corrected chi connectivity index (χ1v) is 10.8. The first kappa shape index (κ1) is 23.9. The van der Waals surface area contributed by atoms with Crippen LogP contribution in [0.25, 0.3) is 6.08 Å². The molecule has 0 saturated heterocycles. The van der Waals surface area contributed by atoms with Gasteiger partial charge in [0, 0.05) is 17.7 Å². The molecule has 1 aliphatic rings. The van der Waals surface area contributed by atoms with Crippen molar-refractivity contribution in [2.24, 2.45) is 4.99 Å². The van der Waals surface area contributed by atoms with E-state index in [1.807, 2.05) is 0 Å². The molecule has 0 saturated carbocycles. The summed E-state index contributed by atoms with van der Waals surface area (Å²) >= 11 is 6.44. The predicted molar refractivity (Wildman–Crippen MR) is 127 cm³/mol. The number of hydrogen-bond donors (Lipinski definition) is 0. The third-order valence-corrected chi connectivity index (χ3v) is 5.13. The number of esters is 1. The van der Waals surface area contributed by atoms with Crippen molar-refractivity contribution in [2.75, 3.05) is 6.61 Å². The molecule has 0 aliphatic carbocycles. The summed E-state index contributed by atoms with van der Waals surface area (Å²) in [6.07, 6.45) is 1.48. The molecule has 0 N–H and O–H groups in total. The summed E-state index contributed by atoms with van der Waals surface area (Å²) in [5, 5.41) is 11.1. The summed E-state index contributed by atoms with van der Waals surface area (Å²) in [5.74, 6) is -0.402. The highest BCUT2D eigenvalue weighted by Crippen LogP contribution is 2.38. The van der Waals surface area contributed by atoms with E-state index in [1.165, 1.54) is 42.5 Å². The summed E-state index contributed by atoms with van der Waals surface area (Å²) < 4.78 is 30.1. The van der Waals surface area contributed by atoms with Gasteiger partial charge < -0.3 is 14.2 Å². The molecular formula is C25H18ClFN2O6. The molecule has 1 heterocycles. The van der Waals surface area contributed by atoms with Crippen molar-refractivity contribution in [3.63, 3.8) is 0 Å². The number of carbonyl (C=O) groups excluding carboxylic acids is 1. The average Bonchev–Trinajstić information content (AvgIpc) is 3.19. The summed E-state index contributed by atoms with van der Waals surface area (Å²) in [6.45, 7) is 2.20. The highest BCUT2D eigenvalue weighted by atomic mass is 35.5. The van der Waals surface area contributed by atoms with Crippen LogP contribution < -0.4 is 9.47 Å². The number of nitro groups is 1. The van der Waals surface area contributed by atoms with E-state index in [0.717, 1.165) is 0 Å². The van der Waals surface area contributed by atoms with E-state index in [-0.39, 0.29) is 40.5 Å². The van der Waals surface area contributed by atoms with Crippen LogP contribution in [0.5, 0.6) is 11.5 Å². The lowest BCUT2D eigenvalue weighted by atomic mass is 10.1. The zero-order valence-corrected chi connectivity index (χ0v) is 19.1. The normalized spacial score (nSPS) is 14.0. The molecule has 0 radical (unpaired) electrons. The van der Waals surface area contributed by atoms with Crippen molar-refractivity contribution in [1.29, 1.82) is 0 Å². The summed E-state index contributed by atoms with van der Waals surface area (Å²) in [7, 11) is 0. The van der Waals surface area contributed by atoms with E-state index in [0.29, 0.717) is 29.0 Å². The molecule has 178 valence electrons. The minimum absolute atomic E-state index is 0.0188. The van der Waals surface area contributed by atoms with Crippen LogP contribution in [-0.2, 0) is 16.1 Å². The maximum atomic E-state index is 13.4. The van der Waals surface area contributed by atoms with Gasteiger partial charge in [0.25, 0.3) is 5.69 Å². The van der Waals surface area contributed by atoms with E-state index in [4.69, 9.17) is 25.8 Å². The van der Waals surface area contributed by atoms with Crippen molar-refractivity contribution in [3.05, 3.63) is 104 Å². The van der Waals surface area contributed by atoms with Crippen LogP contribution >= 0.6 is 11.6 Å². The van der Waals surface area contributed by atoms with Gasteiger partial charge in [0.2, 0.25) is 5.90 Å². The Hall–Kier alpha value is -4.24. The number of ether oxygens (including phenoxy) is 3. The zero-order valence-electron chi connectivity index (χ0n) is 18.4. The van der Waals surface area contributed by atoms with Crippen molar-refractivity contribution in [2.45, 2.75) is 13.5 Å². The Kier molecular flexibility index (Phi) is 7.07. The molecular weight excluding hydrogens is 479 g/mol. The van der Waals surface area contributed by atoms with E-state index >= 15 is 0 Å². The Labute approximate surface area is 204 Å². The number of nitrogens with zero attached hydrogens (tertiary/aromatic N) is 2. The fourth-order valence-electron chi connectivity index (χ4n) is 3.27. The average molecular weight is 497 g/mol. The van der Waals surface area contributed by atoms with E-state index in [2.05, 4.69) is 4.99 Å². The van der Waals surface area contributed by atoms with Gasteiger partial charge in [0.05, 0.1) is 16.6 Å². The van der Waals surface area contributed by atoms with Gasteiger partial charge >= 0.3 is 5.97 Å². The van der Waals surface area contributed by atoms with Gasteiger partial charge in [0.15, 0.2) is 17.2 Å². The number of halogens is 2. The first-order valence-electron chi connectivity index (χ1n) is 10.4. The number of non-ortho nitro benzene ring substituents is 1. The first-order chi connectivity index (χ1) is 16.8. The smallest absolute Gasteiger partial charge is 0.363 e. The number of benzene rings is 3. The van der Waals surface area contributed by atoms with Crippen molar-refractivity contribution in [3.8, 4) is 11.5 Å². The molecule has 8 nitrogen and oxygen atoms in total. The lowest BCUT2D eigenvalue weighted by molar-refractivity contribution is -0.384. The molecule has 10 heteroatoms. The van der Waals surface area contributed by atoms with Crippen LogP contribution in [0.4, 0.5) is 10.1 Å². The third kappa shape index (κ3) is 5.64. The number of rotatable bonds is 8. The molecule has 0 fully saturated rings. The van der Waals surface area contributed by atoms with Gasteiger partial charge in [-0.15, -0.1) is 0 Å². The van der Waals surface area contributed by atoms with Crippen LogP contribution in [0.2, 0.25) is 5.02 Å². The van der Waals surface area contributed by atoms with E-state index < -0.39 is 10.9 Å². The van der Waals surface area contributed by atoms with Crippen LogP contribution in [-0.4, -0.2) is 23.4 Å². The highest BCUT2D eigenvalue weighted by Gasteiger charge is 2.25. The second-order valence-electron chi connectivity index (χ2n) is 7.32. The van der Waals surface area contributed by atoms with Gasteiger partial charge in [-0.05, 0) is 60.5 Å².